The third kappa shape index (κ3) is 13.0. The summed E-state index contributed by atoms with van der Waals surface area (Å²) in [4.78, 5) is 0. The number of hydrogen-bond acceptors (Lipinski definition) is 6. The predicted octanol–water partition coefficient (Wildman–Crippen LogP) is 29.8. The lowest BCUT2D eigenvalue weighted by Gasteiger charge is -2.34. The minimum Gasteiger partial charge on any atom is -0.458 e. The number of benzene rings is 25. The molecule has 6 nitrogen and oxygen atoms in total. The monoisotopic (exact) mass is 1820 g/mol. The Morgan fingerprint density at radius 2 is 0.406 bits per heavy atom. The Balaban J connectivity index is 0.000000102. The highest BCUT2D eigenvalue weighted by Crippen LogP contribution is 2.55. The average Bonchev–Trinajstić information content (AvgIpc) is 0.707. The molecule has 0 amide bonds. The van der Waals surface area contributed by atoms with Gasteiger partial charge in [-0.1, -0.05) is 413 Å². The zero-order chi connectivity index (χ0) is 93.8. The minimum atomic E-state index is 0.0180. The van der Waals surface area contributed by atoms with Gasteiger partial charge in [0, 0.05) is 27.5 Å². The van der Waals surface area contributed by atoms with E-state index in [1.807, 2.05) is 36.4 Å². The zero-order valence-corrected chi connectivity index (χ0v) is 77.4. The van der Waals surface area contributed by atoms with Gasteiger partial charge in [-0.25, -0.2) is 0 Å². The van der Waals surface area contributed by atoms with E-state index in [0.29, 0.717) is 0 Å². The lowest BCUT2D eigenvalue weighted by molar-refractivity contribution is 0.464. The summed E-state index contributed by atoms with van der Waals surface area (Å²) in [7, 11) is 0. The molecule has 143 heavy (non-hydrogen) atoms. The molecule has 0 saturated carbocycles. The molecule has 6 aliphatic heterocycles. The van der Waals surface area contributed by atoms with Gasteiger partial charge in [-0.2, -0.15) is 0 Å². The summed E-state index contributed by atoms with van der Waals surface area (Å²) in [6.45, 7) is 0.115. The molecule has 0 N–H and O–H groups in total. The molecule has 6 aliphatic rings. The van der Waals surface area contributed by atoms with Crippen LogP contribution in [0.15, 0.2) is 491 Å². The van der Waals surface area contributed by atoms with Gasteiger partial charge in [0.2, 0.25) is 0 Å². The van der Waals surface area contributed by atoms with Crippen molar-refractivity contribution >= 4 is 155 Å². The Morgan fingerprint density at radius 1 is 0.126 bits per heavy atom. The molecule has 0 atom stereocenters. The third-order valence-corrected chi connectivity index (χ3v) is 30.2. The van der Waals surface area contributed by atoms with Gasteiger partial charge in [-0.05, 0) is 276 Å². The molecule has 662 valence electrons. The predicted molar refractivity (Wildman–Crippen MR) is 596 cm³/mol. The molecule has 0 spiro atoms. The third-order valence-electron chi connectivity index (χ3n) is 30.2. The highest BCUT2D eigenvalue weighted by Gasteiger charge is 2.45. The van der Waals surface area contributed by atoms with Crippen LogP contribution in [-0.2, 0) is 0 Å². The smallest absolute Gasteiger partial charge is 0.260 e. The van der Waals surface area contributed by atoms with Crippen LogP contribution >= 0.6 is 0 Å². The second-order valence-corrected chi connectivity index (χ2v) is 37.8. The Morgan fingerprint density at radius 3 is 0.839 bits per heavy atom. The fourth-order valence-electron chi connectivity index (χ4n) is 24.2. The SMILES string of the molecule is c1ccc(-c2ccccc2-c2c3ccccc3c(-c3cc4c5c(c3)Oc3ccccc3B5c3ccccc3O4)c3ccccc23)cc1.c1ccc(-c2ccccc2-c2c3ccccc3c(-c3ccc4c5c3Oc3ccccc3B5c3ccccc3O4)c3ccccc23)cc1.c1ccc2c(c1)Oc1cccc3c1B2c1ccc(-c2c4ccccc4c(-c4cc5ccccc5c5ccccc45)c4ccccc24)cc1O3. The van der Waals surface area contributed by atoms with Crippen LogP contribution in [0.3, 0.4) is 0 Å². The summed E-state index contributed by atoms with van der Waals surface area (Å²) in [5.74, 6) is 10.5. The van der Waals surface area contributed by atoms with E-state index in [-0.39, 0.29) is 20.1 Å². The van der Waals surface area contributed by atoms with E-state index >= 15 is 0 Å². The molecule has 0 fully saturated rings. The number of hydrogen-bond donors (Lipinski definition) is 0. The quantitative estimate of drug-likeness (QED) is 0.0858. The summed E-state index contributed by atoms with van der Waals surface area (Å²) in [6.07, 6.45) is 0. The fourth-order valence-corrected chi connectivity index (χ4v) is 24.2. The molecule has 0 saturated heterocycles. The molecule has 6 heterocycles. The van der Waals surface area contributed by atoms with Crippen molar-refractivity contribution in [2.45, 2.75) is 0 Å². The molecule has 0 unspecified atom stereocenters. The van der Waals surface area contributed by atoms with Crippen LogP contribution in [0.2, 0.25) is 0 Å². The molecule has 25 aromatic rings. The Labute approximate surface area is 827 Å². The van der Waals surface area contributed by atoms with Crippen LogP contribution in [0.25, 0.3) is 175 Å². The van der Waals surface area contributed by atoms with Gasteiger partial charge >= 0.3 is 0 Å². The molecular weight excluding hydrogens is 1740 g/mol. The minimum absolute atomic E-state index is 0.0180. The van der Waals surface area contributed by atoms with Crippen molar-refractivity contribution in [3.05, 3.63) is 491 Å². The van der Waals surface area contributed by atoms with Crippen LogP contribution in [-0.4, -0.2) is 20.1 Å². The topological polar surface area (TPSA) is 55.4 Å². The van der Waals surface area contributed by atoms with Crippen LogP contribution in [0.5, 0.6) is 69.0 Å². The molecule has 0 radical (unpaired) electrons. The van der Waals surface area contributed by atoms with Gasteiger partial charge in [0.05, 0.1) is 0 Å². The van der Waals surface area contributed by atoms with Gasteiger partial charge in [0.25, 0.3) is 20.1 Å². The molecule has 31 rings (SSSR count). The highest BCUT2D eigenvalue weighted by molar-refractivity contribution is 6.99. The first-order valence-electron chi connectivity index (χ1n) is 49.2. The zero-order valence-electron chi connectivity index (χ0n) is 77.4. The highest BCUT2D eigenvalue weighted by atomic mass is 16.5. The molecule has 25 aromatic carbocycles. The van der Waals surface area contributed by atoms with Crippen molar-refractivity contribution in [1.29, 1.82) is 0 Å². The van der Waals surface area contributed by atoms with Crippen molar-refractivity contribution in [1.82, 2.24) is 0 Å². The van der Waals surface area contributed by atoms with E-state index in [1.165, 1.54) is 175 Å². The van der Waals surface area contributed by atoms with Gasteiger partial charge in [0.15, 0.2) is 0 Å². The van der Waals surface area contributed by atoms with Crippen molar-refractivity contribution in [3.63, 3.8) is 0 Å². The van der Waals surface area contributed by atoms with E-state index in [9.17, 15) is 0 Å². The van der Waals surface area contributed by atoms with Crippen molar-refractivity contribution in [2.75, 3.05) is 0 Å². The normalized spacial score (nSPS) is 12.6. The van der Waals surface area contributed by atoms with Gasteiger partial charge in [0.1, 0.15) is 69.0 Å². The van der Waals surface area contributed by atoms with E-state index in [0.717, 1.165) is 118 Å². The summed E-state index contributed by atoms with van der Waals surface area (Å²) in [5, 5.41) is 19.6. The largest absolute Gasteiger partial charge is 0.458 e. The van der Waals surface area contributed by atoms with E-state index in [1.54, 1.807) is 0 Å². The van der Waals surface area contributed by atoms with Crippen LogP contribution < -0.4 is 77.6 Å². The Bertz CT molecular complexity index is 9420. The van der Waals surface area contributed by atoms with E-state index in [4.69, 9.17) is 28.4 Å². The van der Waals surface area contributed by atoms with Crippen LogP contribution in [0.4, 0.5) is 0 Å². The van der Waals surface area contributed by atoms with E-state index in [2.05, 4.69) is 455 Å². The maximum absolute atomic E-state index is 6.93. The van der Waals surface area contributed by atoms with Gasteiger partial charge < -0.3 is 28.4 Å². The first kappa shape index (κ1) is 81.7. The van der Waals surface area contributed by atoms with Gasteiger partial charge in [-0.3, -0.25) is 0 Å². The Hall–Kier alpha value is -18.4. The molecule has 0 aliphatic carbocycles. The number of rotatable bonds is 8. The second-order valence-electron chi connectivity index (χ2n) is 37.8. The summed E-state index contributed by atoms with van der Waals surface area (Å²) < 4.78 is 40.0. The van der Waals surface area contributed by atoms with Crippen molar-refractivity contribution in [3.8, 4) is 158 Å². The van der Waals surface area contributed by atoms with Gasteiger partial charge in [-0.15, -0.1) is 0 Å². The second kappa shape index (κ2) is 33.2. The lowest BCUT2D eigenvalue weighted by atomic mass is 9.34. The first-order chi connectivity index (χ1) is 71.0. The number of fused-ring (bicyclic) bond motifs is 21. The number of ether oxygens (including phenoxy) is 6. The standard InChI is InChI=1S/C46H27BO2.2C44H27BO2/c1-2-13-30-28(12-1)26-37(32-15-4-3-14-31(30)32)45-35-18-7-5-16-33(35)44(34-17-6-8-19-36(34)45)29-24-25-39-43(27-29)49-42-23-11-22-41-46(42)47(39)38-20-9-10-21-40(38)48-41;1-2-14-28(15-3-1)30-16-4-5-17-31(30)43-34-20-8-6-18-32(34)42(33-19-7-9-21-35(33)43)29-26-40-44-41(27-29)47-39-25-13-11-23-37(39)45(44)36-22-10-12-24-38(36)46-40;1-2-14-28(15-3-1)29-16-4-5-17-30(29)41-31-18-6-8-20-33(31)42(34-21-9-7-19-32(34)41)35-26-27-40-43-44(35)47-39-25-13-11-23-37(39)45(43)36-22-10-12-24-38(36)46-40/h1-27H;2*1-27H. The average molecular weight is 1820 g/mol. The van der Waals surface area contributed by atoms with Crippen LogP contribution in [0.1, 0.15) is 0 Å². The maximum atomic E-state index is 6.93. The molecule has 0 aromatic heterocycles. The summed E-state index contributed by atoms with van der Waals surface area (Å²) >= 11 is 0. The summed E-state index contributed by atoms with van der Waals surface area (Å²) in [5.41, 5.74) is 29.4. The molecule has 0 bridgehead atoms. The molecule has 9 heteroatoms. The van der Waals surface area contributed by atoms with Crippen molar-refractivity contribution in [2.24, 2.45) is 0 Å². The number of para-hydroxylation sites is 5. The first-order valence-corrected chi connectivity index (χ1v) is 49.2. The van der Waals surface area contributed by atoms with E-state index < -0.39 is 0 Å². The maximum Gasteiger partial charge on any atom is 0.260 e. The van der Waals surface area contributed by atoms with Crippen LogP contribution in [0, 0.1) is 0 Å². The van der Waals surface area contributed by atoms with Crippen molar-refractivity contribution < 1.29 is 28.4 Å². The molecular formula is C134H81B3O6. The summed E-state index contributed by atoms with van der Waals surface area (Å²) in [6, 6.07) is 176. The fraction of sp³-hybridized carbons (Fsp3) is 0. The lowest BCUT2D eigenvalue weighted by Crippen LogP contribution is -2.57. The Kier molecular flexibility index (Phi) is 19.0.